The number of aromatic hydroxyl groups is 1. The van der Waals surface area contributed by atoms with Crippen molar-refractivity contribution in [2.45, 2.75) is 20.3 Å². The summed E-state index contributed by atoms with van der Waals surface area (Å²) in [6.07, 6.45) is 0.250. The predicted molar refractivity (Wildman–Crippen MR) is 55.2 cm³/mol. The highest BCUT2D eigenvalue weighted by Crippen LogP contribution is 2.36. The van der Waals surface area contributed by atoms with Crippen molar-refractivity contribution in [3.63, 3.8) is 0 Å². The quantitative estimate of drug-likeness (QED) is 0.610. The smallest absolute Gasteiger partial charge is 0.311 e. The average molecular weight is 210 g/mol. The zero-order valence-electron chi connectivity index (χ0n) is 8.82. The fraction of sp³-hybridized carbons (Fsp3) is 0.364. The van der Waals surface area contributed by atoms with Gasteiger partial charge in [-0.05, 0) is 19.1 Å². The number of hydrogen-bond acceptors (Lipinski definition) is 4. The summed E-state index contributed by atoms with van der Waals surface area (Å²) in [6.45, 7) is 3.94. The summed E-state index contributed by atoms with van der Waals surface area (Å²) in [4.78, 5) is 11.1. The van der Waals surface area contributed by atoms with Gasteiger partial charge in [0, 0.05) is 6.42 Å². The third-order valence-electron chi connectivity index (χ3n) is 1.76. The van der Waals surface area contributed by atoms with Crippen molar-refractivity contribution in [2.75, 3.05) is 6.61 Å². The van der Waals surface area contributed by atoms with Crippen molar-refractivity contribution < 1.29 is 19.4 Å². The normalized spacial score (nSPS) is 9.73. The molecule has 0 amide bonds. The highest BCUT2D eigenvalue weighted by molar-refractivity contribution is 5.74. The Labute approximate surface area is 88.4 Å². The first-order valence-corrected chi connectivity index (χ1v) is 4.84. The second-order valence-corrected chi connectivity index (χ2v) is 2.87. The molecule has 0 aromatic heterocycles. The van der Waals surface area contributed by atoms with Gasteiger partial charge in [0.2, 0.25) is 5.75 Å². The maximum absolute atomic E-state index is 11.1. The van der Waals surface area contributed by atoms with E-state index >= 15 is 0 Å². The van der Waals surface area contributed by atoms with E-state index in [-0.39, 0.29) is 17.9 Å². The first-order chi connectivity index (χ1) is 7.19. The van der Waals surface area contributed by atoms with Crippen LogP contribution in [0.1, 0.15) is 20.3 Å². The van der Waals surface area contributed by atoms with E-state index < -0.39 is 5.97 Å². The van der Waals surface area contributed by atoms with E-state index in [4.69, 9.17) is 9.47 Å². The average Bonchev–Trinajstić information content (AvgIpc) is 2.23. The van der Waals surface area contributed by atoms with Crippen LogP contribution < -0.4 is 9.47 Å². The molecule has 0 radical (unpaired) electrons. The molecule has 0 unspecified atom stereocenters. The number of para-hydroxylation sites is 1. The van der Waals surface area contributed by atoms with Crippen LogP contribution in [0.25, 0.3) is 0 Å². The minimum Gasteiger partial charge on any atom is -0.504 e. The molecule has 0 atom stereocenters. The first-order valence-electron chi connectivity index (χ1n) is 4.84. The number of benzene rings is 1. The number of phenols is 1. The van der Waals surface area contributed by atoms with Gasteiger partial charge in [-0.15, -0.1) is 0 Å². The van der Waals surface area contributed by atoms with Crippen LogP contribution in [0.5, 0.6) is 17.2 Å². The van der Waals surface area contributed by atoms with Crippen LogP contribution in [0.2, 0.25) is 0 Å². The third-order valence-corrected chi connectivity index (χ3v) is 1.76. The first kappa shape index (κ1) is 11.4. The van der Waals surface area contributed by atoms with Gasteiger partial charge >= 0.3 is 5.97 Å². The highest BCUT2D eigenvalue weighted by atomic mass is 16.6. The van der Waals surface area contributed by atoms with Crippen LogP contribution in [-0.4, -0.2) is 17.7 Å². The van der Waals surface area contributed by atoms with Crippen LogP contribution in [0.3, 0.4) is 0 Å². The Morgan fingerprint density at radius 1 is 1.40 bits per heavy atom. The lowest BCUT2D eigenvalue weighted by molar-refractivity contribution is -0.134. The van der Waals surface area contributed by atoms with Crippen molar-refractivity contribution in [3.8, 4) is 17.2 Å². The fourth-order valence-electron chi connectivity index (χ4n) is 1.06. The summed E-state index contributed by atoms with van der Waals surface area (Å²) in [7, 11) is 0. The van der Waals surface area contributed by atoms with E-state index in [1.165, 1.54) is 6.07 Å². The minimum absolute atomic E-state index is 0.0891. The summed E-state index contributed by atoms with van der Waals surface area (Å²) in [5, 5.41) is 9.51. The molecule has 1 rings (SSSR count). The van der Waals surface area contributed by atoms with Gasteiger partial charge < -0.3 is 14.6 Å². The molecule has 1 aromatic carbocycles. The lowest BCUT2D eigenvalue weighted by atomic mass is 10.3. The number of esters is 1. The zero-order chi connectivity index (χ0) is 11.3. The molecule has 82 valence electrons. The molecular weight excluding hydrogens is 196 g/mol. The SMILES string of the molecule is CCOc1cccc(O)c1OC(=O)CC. The van der Waals surface area contributed by atoms with Gasteiger partial charge in [0.05, 0.1) is 6.61 Å². The predicted octanol–water partition coefficient (Wildman–Crippen LogP) is 2.11. The lowest BCUT2D eigenvalue weighted by Gasteiger charge is -2.10. The molecule has 0 fully saturated rings. The standard InChI is InChI=1S/C11H14O4/c1-3-10(13)15-11-8(12)6-5-7-9(11)14-4-2/h5-7,12H,3-4H2,1-2H3. The molecule has 4 heteroatoms. The number of carbonyl (C=O) groups is 1. The lowest BCUT2D eigenvalue weighted by Crippen LogP contribution is -2.07. The Kier molecular flexibility index (Phi) is 3.97. The maximum Gasteiger partial charge on any atom is 0.311 e. The molecule has 0 bridgehead atoms. The van der Waals surface area contributed by atoms with Crippen molar-refractivity contribution in [2.24, 2.45) is 0 Å². The number of hydrogen-bond donors (Lipinski definition) is 1. The molecule has 1 N–H and O–H groups in total. The molecule has 0 aliphatic heterocycles. The molecule has 15 heavy (non-hydrogen) atoms. The zero-order valence-corrected chi connectivity index (χ0v) is 8.82. The second-order valence-electron chi connectivity index (χ2n) is 2.87. The maximum atomic E-state index is 11.1. The summed E-state index contributed by atoms with van der Waals surface area (Å²) in [5.74, 6) is -0.0364. The Morgan fingerprint density at radius 2 is 2.13 bits per heavy atom. The van der Waals surface area contributed by atoms with Crippen LogP contribution in [0.15, 0.2) is 18.2 Å². The van der Waals surface area contributed by atoms with Crippen molar-refractivity contribution in [3.05, 3.63) is 18.2 Å². The molecule has 1 aromatic rings. The van der Waals surface area contributed by atoms with E-state index in [9.17, 15) is 9.90 Å². The summed E-state index contributed by atoms with van der Waals surface area (Å²) in [5.41, 5.74) is 0. The van der Waals surface area contributed by atoms with E-state index in [1.54, 1.807) is 19.1 Å². The Bertz CT molecular complexity index is 346. The van der Waals surface area contributed by atoms with Gasteiger partial charge in [0.25, 0.3) is 0 Å². The monoisotopic (exact) mass is 210 g/mol. The summed E-state index contributed by atoms with van der Waals surface area (Å²) >= 11 is 0. The molecule has 0 spiro atoms. The highest BCUT2D eigenvalue weighted by Gasteiger charge is 2.13. The topological polar surface area (TPSA) is 55.8 Å². The van der Waals surface area contributed by atoms with Crippen molar-refractivity contribution in [1.29, 1.82) is 0 Å². The molecule has 0 saturated carbocycles. The molecular formula is C11H14O4. The molecule has 0 aliphatic rings. The minimum atomic E-state index is -0.405. The van der Waals surface area contributed by atoms with E-state index in [1.807, 2.05) is 6.92 Å². The second kappa shape index (κ2) is 5.24. The number of phenolic OH excluding ortho intramolecular Hbond substituents is 1. The fourth-order valence-corrected chi connectivity index (χ4v) is 1.06. The van der Waals surface area contributed by atoms with Crippen LogP contribution in [0, 0.1) is 0 Å². The van der Waals surface area contributed by atoms with Gasteiger partial charge in [-0.3, -0.25) is 4.79 Å². The van der Waals surface area contributed by atoms with Gasteiger partial charge in [0.1, 0.15) is 0 Å². The van der Waals surface area contributed by atoms with Gasteiger partial charge in [-0.1, -0.05) is 13.0 Å². The number of carbonyl (C=O) groups excluding carboxylic acids is 1. The van der Waals surface area contributed by atoms with Crippen LogP contribution in [0.4, 0.5) is 0 Å². The number of ether oxygens (including phenoxy) is 2. The number of rotatable bonds is 4. The summed E-state index contributed by atoms with van der Waals surface area (Å²) < 4.78 is 10.2. The summed E-state index contributed by atoms with van der Waals surface area (Å²) in [6, 6.07) is 4.71. The van der Waals surface area contributed by atoms with Gasteiger partial charge in [-0.2, -0.15) is 0 Å². The largest absolute Gasteiger partial charge is 0.504 e. The van der Waals surface area contributed by atoms with E-state index in [2.05, 4.69) is 0 Å². The Hall–Kier alpha value is -1.71. The third kappa shape index (κ3) is 2.87. The van der Waals surface area contributed by atoms with Crippen LogP contribution in [-0.2, 0) is 4.79 Å². The van der Waals surface area contributed by atoms with Gasteiger partial charge in [-0.25, -0.2) is 0 Å². The van der Waals surface area contributed by atoms with E-state index in [0.29, 0.717) is 12.4 Å². The Morgan fingerprint density at radius 3 is 2.73 bits per heavy atom. The van der Waals surface area contributed by atoms with Crippen molar-refractivity contribution in [1.82, 2.24) is 0 Å². The Balaban J connectivity index is 2.96. The van der Waals surface area contributed by atoms with E-state index in [0.717, 1.165) is 0 Å². The molecule has 0 heterocycles. The van der Waals surface area contributed by atoms with Crippen molar-refractivity contribution >= 4 is 5.97 Å². The molecule has 0 aliphatic carbocycles. The molecule has 4 nitrogen and oxygen atoms in total. The van der Waals surface area contributed by atoms with Crippen LogP contribution >= 0.6 is 0 Å². The van der Waals surface area contributed by atoms with Gasteiger partial charge in [0.15, 0.2) is 11.5 Å². The molecule has 0 saturated heterocycles.